The summed E-state index contributed by atoms with van der Waals surface area (Å²) in [6.45, 7) is 2.07. The third kappa shape index (κ3) is 3.01. The second-order valence-electron chi connectivity index (χ2n) is 6.05. The van der Waals surface area contributed by atoms with Gasteiger partial charge in [-0.3, -0.25) is 4.79 Å². The molecule has 2 fully saturated rings. The Morgan fingerprint density at radius 2 is 1.86 bits per heavy atom. The highest BCUT2D eigenvalue weighted by Crippen LogP contribution is 2.33. The minimum absolute atomic E-state index is 0.315. The van der Waals surface area contributed by atoms with Crippen molar-refractivity contribution in [1.29, 1.82) is 0 Å². The number of rotatable bonds is 3. The molecule has 2 N–H and O–H groups in total. The van der Waals surface area contributed by atoms with E-state index in [0.29, 0.717) is 23.6 Å². The molecule has 1 aromatic rings. The number of hydrogen-bond donors (Lipinski definition) is 2. The van der Waals surface area contributed by atoms with Crippen LogP contribution in [0, 0.1) is 0 Å². The number of nitrogens with one attached hydrogen (secondary N) is 1. The van der Waals surface area contributed by atoms with Crippen LogP contribution in [0.5, 0.6) is 0 Å². The Balaban J connectivity index is 1.71. The maximum atomic E-state index is 12.2. The van der Waals surface area contributed by atoms with Gasteiger partial charge in [-0.15, -0.1) is 0 Å². The lowest BCUT2D eigenvalue weighted by atomic mass is 10.0. The molecule has 1 aliphatic heterocycles. The fourth-order valence-corrected chi connectivity index (χ4v) is 3.53. The normalized spacial score (nSPS) is 20.8. The van der Waals surface area contributed by atoms with Crippen LogP contribution in [0.25, 0.3) is 0 Å². The minimum atomic E-state index is -1.21. The molecule has 1 heterocycles. The fourth-order valence-electron chi connectivity index (χ4n) is 3.23. The van der Waals surface area contributed by atoms with Crippen LogP contribution in [0.15, 0.2) is 18.2 Å². The Bertz CT molecular complexity index is 535. The third-order valence-corrected chi connectivity index (χ3v) is 4.81. The largest absolute Gasteiger partial charge is 0.380 e. The van der Waals surface area contributed by atoms with Gasteiger partial charge in [-0.25, -0.2) is 0 Å². The lowest BCUT2D eigenvalue weighted by Crippen LogP contribution is -2.40. The van der Waals surface area contributed by atoms with Crippen molar-refractivity contribution in [3.05, 3.63) is 23.2 Å². The van der Waals surface area contributed by atoms with Crippen molar-refractivity contribution in [2.24, 2.45) is 0 Å². The first kappa shape index (κ1) is 14.7. The molecule has 114 valence electrons. The van der Waals surface area contributed by atoms with E-state index in [4.69, 9.17) is 11.6 Å². The first-order valence-electron chi connectivity index (χ1n) is 7.67. The van der Waals surface area contributed by atoms with Crippen molar-refractivity contribution in [2.45, 2.75) is 44.1 Å². The topological polar surface area (TPSA) is 52.6 Å². The molecule has 4 nitrogen and oxygen atoms in total. The zero-order valence-electron chi connectivity index (χ0n) is 12.1. The van der Waals surface area contributed by atoms with E-state index in [9.17, 15) is 9.90 Å². The van der Waals surface area contributed by atoms with Gasteiger partial charge in [0.1, 0.15) is 5.60 Å². The molecular weight excluding hydrogens is 288 g/mol. The maximum Gasteiger partial charge on any atom is 0.256 e. The summed E-state index contributed by atoms with van der Waals surface area (Å²) in [6, 6.07) is 5.57. The summed E-state index contributed by atoms with van der Waals surface area (Å²) in [4.78, 5) is 14.4. The number of halogens is 1. The highest BCUT2D eigenvalue weighted by molar-refractivity contribution is 6.33. The van der Waals surface area contributed by atoms with Gasteiger partial charge < -0.3 is 15.3 Å². The summed E-state index contributed by atoms with van der Waals surface area (Å²) >= 11 is 6.33. The molecule has 1 aromatic carbocycles. The summed E-state index contributed by atoms with van der Waals surface area (Å²) < 4.78 is 0. The van der Waals surface area contributed by atoms with Crippen LogP contribution in [0.4, 0.5) is 11.4 Å². The van der Waals surface area contributed by atoms with Gasteiger partial charge in [0.15, 0.2) is 0 Å². The van der Waals surface area contributed by atoms with E-state index in [1.54, 1.807) is 6.07 Å². The molecular formula is C16H21ClN2O2. The van der Waals surface area contributed by atoms with Crippen LogP contribution in [0.2, 0.25) is 5.02 Å². The van der Waals surface area contributed by atoms with Gasteiger partial charge in [0.2, 0.25) is 0 Å². The molecule has 3 rings (SSSR count). The Labute approximate surface area is 130 Å². The number of benzene rings is 1. The zero-order chi connectivity index (χ0) is 14.9. The first-order valence-corrected chi connectivity index (χ1v) is 8.05. The van der Waals surface area contributed by atoms with Crippen molar-refractivity contribution in [3.63, 3.8) is 0 Å². The van der Waals surface area contributed by atoms with Gasteiger partial charge in [0.25, 0.3) is 5.91 Å². The molecule has 0 atom stereocenters. The molecule has 0 spiro atoms. The van der Waals surface area contributed by atoms with Gasteiger partial charge in [-0.2, -0.15) is 0 Å². The van der Waals surface area contributed by atoms with E-state index in [-0.39, 0.29) is 5.91 Å². The Morgan fingerprint density at radius 3 is 2.48 bits per heavy atom. The molecule has 2 aliphatic rings. The Kier molecular flexibility index (Phi) is 4.09. The lowest BCUT2D eigenvalue weighted by Gasteiger charge is -2.22. The van der Waals surface area contributed by atoms with Crippen LogP contribution < -0.4 is 10.2 Å². The fraction of sp³-hybridized carbons (Fsp3) is 0.562. The molecule has 1 aliphatic carbocycles. The average molecular weight is 309 g/mol. The first-order chi connectivity index (χ1) is 10.1. The van der Waals surface area contributed by atoms with E-state index in [2.05, 4.69) is 10.2 Å². The minimum Gasteiger partial charge on any atom is -0.380 e. The molecule has 0 radical (unpaired) electrons. The average Bonchev–Trinajstić information content (AvgIpc) is 3.11. The Hall–Kier alpha value is -1.26. The van der Waals surface area contributed by atoms with E-state index < -0.39 is 5.60 Å². The molecule has 21 heavy (non-hydrogen) atoms. The SMILES string of the molecule is O=C(Nc1ccc(N2CCCC2)c(Cl)c1)C1(O)CCCC1. The number of aliphatic hydroxyl groups is 1. The molecule has 1 saturated heterocycles. The molecule has 0 bridgehead atoms. The van der Waals surface area contributed by atoms with Crippen LogP contribution in [0.1, 0.15) is 38.5 Å². The standard InChI is InChI=1S/C16H21ClN2O2/c17-13-11-12(5-6-14(13)19-9-3-4-10-19)18-15(20)16(21)7-1-2-8-16/h5-6,11,21H,1-4,7-10H2,(H,18,20). The number of carbonyl (C=O) groups is 1. The number of nitrogens with zero attached hydrogens (tertiary/aromatic N) is 1. The summed E-state index contributed by atoms with van der Waals surface area (Å²) in [5.41, 5.74) is 0.458. The lowest BCUT2D eigenvalue weighted by molar-refractivity contribution is -0.133. The number of hydrogen-bond acceptors (Lipinski definition) is 3. The summed E-state index contributed by atoms with van der Waals surface area (Å²) in [6.07, 6.45) is 5.28. The van der Waals surface area contributed by atoms with E-state index in [1.165, 1.54) is 12.8 Å². The van der Waals surface area contributed by atoms with E-state index in [1.807, 2.05) is 12.1 Å². The van der Waals surface area contributed by atoms with E-state index in [0.717, 1.165) is 31.6 Å². The summed E-state index contributed by atoms with van der Waals surface area (Å²) in [7, 11) is 0. The molecule has 0 aromatic heterocycles. The second-order valence-corrected chi connectivity index (χ2v) is 6.46. The van der Waals surface area contributed by atoms with Gasteiger partial charge in [-0.1, -0.05) is 11.6 Å². The second kappa shape index (κ2) is 5.85. The van der Waals surface area contributed by atoms with Crippen molar-refractivity contribution in [3.8, 4) is 0 Å². The Morgan fingerprint density at radius 1 is 1.19 bits per heavy atom. The zero-order valence-corrected chi connectivity index (χ0v) is 12.8. The molecule has 1 amide bonds. The number of amides is 1. The quantitative estimate of drug-likeness (QED) is 0.901. The number of carbonyl (C=O) groups excluding carboxylic acids is 1. The van der Waals surface area contributed by atoms with Gasteiger partial charge in [0.05, 0.1) is 10.7 Å². The van der Waals surface area contributed by atoms with Gasteiger partial charge >= 0.3 is 0 Å². The monoisotopic (exact) mass is 308 g/mol. The highest BCUT2D eigenvalue weighted by Gasteiger charge is 2.38. The van der Waals surface area contributed by atoms with Crippen molar-refractivity contribution >= 4 is 28.9 Å². The molecule has 1 saturated carbocycles. The predicted molar refractivity (Wildman–Crippen MR) is 84.9 cm³/mol. The predicted octanol–water partition coefficient (Wildman–Crippen LogP) is 3.18. The van der Waals surface area contributed by atoms with Crippen LogP contribution in [-0.4, -0.2) is 29.7 Å². The van der Waals surface area contributed by atoms with Gasteiger partial charge in [-0.05, 0) is 56.7 Å². The van der Waals surface area contributed by atoms with E-state index >= 15 is 0 Å². The molecule has 0 unspecified atom stereocenters. The highest BCUT2D eigenvalue weighted by atomic mass is 35.5. The van der Waals surface area contributed by atoms with Crippen LogP contribution >= 0.6 is 11.6 Å². The van der Waals surface area contributed by atoms with Gasteiger partial charge in [0, 0.05) is 18.8 Å². The smallest absolute Gasteiger partial charge is 0.256 e. The van der Waals surface area contributed by atoms with Crippen LogP contribution in [-0.2, 0) is 4.79 Å². The summed E-state index contributed by atoms with van der Waals surface area (Å²) in [5, 5.41) is 13.7. The third-order valence-electron chi connectivity index (χ3n) is 4.51. The molecule has 5 heteroatoms. The van der Waals surface area contributed by atoms with Crippen LogP contribution in [0.3, 0.4) is 0 Å². The van der Waals surface area contributed by atoms with Crippen molar-refractivity contribution in [1.82, 2.24) is 0 Å². The van der Waals surface area contributed by atoms with Crippen molar-refractivity contribution < 1.29 is 9.90 Å². The van der Waals surface area contributed by atoms with Crippen molar-refractivity contribution in [2.75, 3.05) is 23.3 Å². The number of anilines is 2. The summed E-state index contributed by atoms with van der Waals surface area (Å²) in [5.74, 6) is -0.315. The maximum absolute atomic E-state index is 12.2.